The summed E-state index contributed by atoms with van der Waals surface area (Å²) < 4.78 is 3.63. The Bertz CT molecular complexity index is 1660. The molecule has 0 amide bonds. The summed E-state index contributed by atoms with van der Waals surface area (Å²) in [6, 6.07) is 12.3. The molecule has 0 spiro atoms. The van der Waals surface area contributed by atoms with E-state index >= 15 is 0 Å². The van der Waals surface area contributed by atoms with Crippen LogP contribution in [0.15, 0.2) is 64.8 Å². The van der Waals surface area contributed by atoms with Crippen molar-refractivity contribution in [3.05, 3.63) is 87.6 Å². The molecular weight excluding hydrogens is 434 g/mol. The van der Waals surface area contributed by atoms with Gasteiger partial charge in [0.1, 0.15) is 5.69 Å². The number of H-pyrrole nitrogens is 2. The third kappa shape index (κ3) is 3.83. The third-order valence-corrected chi connectivity index (χ3v) is 5.57. The summed E-state index contributed by atoms with van der Waals surface area (Å²) in [5, 5.41) is 18.3. The minimum atomic E-state index is -0.497. The number of para-hydroxylation sites is 1. The van der Waals surface area contributed by atoms with Gasteiger partial charge < -0.3 is 20.0 Å². The number of nitrogens with zero attached hydrogens (tertiary/aromatic N) is 6. The summed E-state index contributed by atoms with van der Waals surface area (Å²) in [4.78, 5) is 30.3. The van der Waals surface area contributed by atoms with Crippen LogP contribution in [0.1, 0.15) is 24.1 Å². The summed E-state index contributed by atoms with van der Waals surface area (Å²) in [7, 11) is 0. The number of rotatable bonds is 6. The van der Waals surface area contributed by atoms with Gasteiger partial charge in [-0.05, 0) is 42.7 Å². The molecule has 170 valence electrons. The van der Waals surface area contributed by atoms with Crippen molar-refractivity contribution in [3.63, 3.8) is 0 Å². The number of hydrogen-bond donors (Lipinski definition) is 4. The van der Waals surface area contributed by atoms with Gasteiger partial charge in [-0.15, -0.1) is 0 Å². The highest BCUT2D eigenvalue weighted by molar-refractivity contribution is 5.57. The molecular formula is C23H21N9O2. The SMILES string of the molecule is O=c1[nH]c(O)c(C=c2cnn3c(=NC4CC4)nc(NCc4ccccc4-n4cccc4)nc23)[nH]1. The summed E-state index contributed by atoms with van der Waals surface area (Å²) >= 11 is 0. The van der Waals surface area contributed by atoms with E-state index in [0.29, 0.717) is 29.0 Å². The predicted octanol–water partition coefficient (Wildman–Crippen LogP) is 0.860. The Labute approximate surface area is 192 Å². The fourth-order valence-electron chi connectivity index (χ4n) is 3.74. The van der Waals surface area contributed by atoms with Gasteiger partial charge in [0.2, 0.25) is 11.8 Å². The second-order valence-electron chi connectivity index (χ2n) is 8.10. The van der Waals surface area contributed by atoms with Gasteiger partial charge in [0.05, 0.1) is 12.2 Å². The molecule has 1 aliphatic carbocycles. The van der Waals surface area contributed by atoms with Crippen molar-refractivity contribution in [2.24, 2.45) is 4.99 Å². The highest BCUT2D eigenvalue weighted by Crippen LogP contribution is 2.22. The summed E-state index contributed by atoms with van der Waals surface area (Å²) in [5.41, 5.74) is 2.86. The molecule has 0 aliphatic heterocycles. The average molecular weight is 455 g/mol. The highest BCUT2D eigenvalue weighted by Gasteiger charge is 2.21. The second kappa shape index (κ2) is 8.03. The molecule has 1 aromatic carbocycles. The van der Waals surface area contributed by atoms with Gasteiger partial charge in [-0.2, -0.15) is 19.6 Å². The largest absolute Gasteiger partial charge is 0.493 e. The lowest BCUT2D eigenvalue weighted by Crippen LogP contribution is -2.25. The van der Waals surface area contributed by atoms with E-state index in [1.54, 1.807) is 16.8 Å². The molecule has 4 N–H and O–H groups in total. The Balaban J connectivity index is 1.41. The monoisotopic (exact) mass is 455 g/mol. The molecule has 5 aromatic rings. The quantitative estimate of drug-likeness (QED) is 0.299. The molecule has 1 fully saturated rings. The number of fused-ring (bicyclic) bond motifs is 1. The molecule has 0 radical (unpaired) electrons. The van der Waals surface area contributed by atoms with Gasteiger partial charge in [0, 0.05) is 29.8 Å². The fourth-order valence-corrected chi connectivity index (χ4v) is 3.74. The van der Waals surface area contributed by atoms with E-state index in [-0.39, 0.29) is 17.6 Å². The van der Waals surface area contributed by atoms with E-state index in [0.717, 1.165) is 24.1 Å². The van der Waals surface area contributed by atoms with Gasteiger partial charge in [0.15, 0.2) is 5.65 Å². The molecule has 0 saturated heterocycles. The van der Waals surface area contributed by atoms with Crippen molar-refractivity contribution < 1.29 is 5.11 Å². The Morgan fingerprint density at radius 3 is 2.74 bits per heavy atom. The smallest absolute Gasteiger partial charge is 0.326 e. The number of aromatic nitrogens is 7. The Kier molecular flexibility index (Phi) is 4.72. The molecule has 0 unspecified atom stereocenters. The number of anilines is 1. The zero-order valence-corrected chi connectivity index (χ0v) is 18.0. The first-order valence-electron chi connectivity index (χ1n) is 10.9. The van der Waals surface area contributed by atoms with Crippen molar-refractivity contribution in [1.82, 2.24) is 34.1 Å². The van der Waals surface area contributed by atoms with Crippen LogP contribution in [0.2, 0.25) is 0 Å². The second-order valence-corrected chi connectivity index (χ2v) is 8.10. The van der Waals surface area contributed by atoms with Gasteiger partial charge in [-0.3, -0.25) is 4.98 Å². The summed E-state index contributed by atoms with van der Waals surface area (Å²) in [5.74, 6) is 0.164. The topological polar surface area (TPSA) is 141 Å². The number of benzene rings is 1. The first kappa shape index (κ1) is 20.0. The molecule has 11 heteroatoms. The molecule has 0 atom stereocenters. The standard InChI is InChI=1S/C23H21N9O2/c33-20-17(27-23(34)29-20)11-15-13-25-32-19(15)28-21(30-22(32)26-16-7-8-16)24-12-14-5-1-2-6-18(14)31-9-3-4-10-31/h1-6,9-11,13,16,33H,7-8,12H2,(H,24,26,30)(H2,27,29,34). The van der Waals surface area contributed by atoms with E-state index in [2.05, 4.69) is 47.1 Å². The lowest BCUT2D eigenvalue weighted by molar-refractivity contribution is 0.454. The summed E-state index contributed by atoms with van der Waals surface area (Å²) in [6.45, 7) is 0.506. The van der Waals surface area contributed by atoms with Gasteiger partial charge in [-0.25, -0.2) is 9.79 Å². The van der Waals surface area contributed by atoms with E-state index in [4.69, 9.17) is 4.99 Å². The number of hydrogen-bond acceptors (Lipinski definition) is 7. The number of nitrogens with one attached hydrogen (secondary N) is 3. The first-order chi connectivity index (χ1) is 16.6. The van der Waals surface area contributed by atoms with Crippen LogP contribution in [0.5, 0.6) is 5.88 Å². The molecule has 1 saturated carbocycles. The van der Waals surface area contributed by atoms with Crippen LogP contribution in [0.3, 0.4) is 0 Å². The van der Waals surface area contributed by atoms with Crippen molar-refractivity contribution in [2.45, 2.75) is 25.4 Å². The van der Waals surface area contributed by atoms with Crippen LogP contribution >= 0.6 is 0 Å². The maximum Gasteiger partial charge on any atom is 0.326 e. The fraction of sp³-hybridized carbons (Fsp3) is 0.174. The van der Waals surface area contributed by atoms with E-state index < -0.39 is 5.69 Å². The third-order valence-electron chi connectivity index (χ3n) is 5.57. The normalized spacial score (nSPS) is 14.8. The highest BCUT2D eigenvalue weighted by atomic mass is 16.3. The van der Waals surface area contributed by atoms with Gasteiger partial charge in [0.25, 0.3) is 5.62 Å². The number of aromatic hydroxyl groups is 1. The zero-order valence-electron chi connectivity index (χ0n) is 18.0. The van der Waals surface area contributed by atoms with Gasteiger partial charge >= 0.3 is 5.69 Å². The Morgan fingerprint density at radius 1 is 1.15 bits per heavy atom. The van der Waals surface area contributed by atoms with Crippen LogP contribution in [-0.4, -0.2) is 45.3 Å². The van der Waals surface area contributed by atoms with Crippen molar-refractivity contribution in [2.75, 3.05) is 5.32 Å². The van der Waals surface area contributed by atoms with E-state index in [1.165, 1.54) is 0 Å². The molecule has 4 aromatic heterocycles. The zero-order chi connectivity index (χ0) is 23.1. The average Bonchev–Trinajstić information content (AvgIpc) is 3.20. The minimum absolute atomic E-state index is 0.238. The molecule has 34 heavy (non-hydrogen) atoms. The van der Waals surface area contributed by atoms with E-state index in [9.17, 15) is 9.90 Å². The number of aromatic amines is 2. The Morgan fingerprint density at radius 2 is 1.97 bits per heavy atom. The first-order valence-corrected chi connectivity index (χ1v) is 10.9. The summed E-state index contributed by atoms with van der Waals surface area (Å²) in [6.07, 6.45) is 9.27. The van der Waals surface area contributed by atoms with E-state index in [1.807, 2.05) is 36.7 Å². The molecule has 0 bridgehead atoms. The lowest BCUT2D eigenvalue weighted by atomic mass is 10.1. The maximum atomic E-state index is 11.5. The van der Waals surface area contributed by atoms with Crippen LogP contribution < -0.4 is 21.8 Å². The number of imidazole rings is 1. The van der Waals surface area contributed by atoms with Crippen molar-refractivity contribution in [1.29, 1.82) is 0 Å². The van der Waals surface area contributed by atoms with Crippen LogP contribution in [-0.2, 0) is 6.54 Å². The molecule has 4 heterocycles. The van der Waals surface area contributed by atoms with Crippen LogP contribution in [0.4, 0.5) is 5.95 Å². The van der Waals surface area contributed by atoms with Gasteiger partial charge in [-0.1, -0.05) is 18.2 Å². The molecule has 11 nitrogen and oxygen atoms in total. The van der Waals surface area contributed by atoms with Crippen LogP contribution in [0, 0.1) is 0 Å². The molecule has 6 rings (SSSR count). The molecule has 1 aliphatic rings. The minimum Gasteiger partial charge on any atom is -0.493 e. The maximum absolute atomic E-state index is 11.5. The Hall–Kier alpha value is -4.67. The van der Waals surface area contributed by atoms with Crippen molar-refractivity contribution in [3.8, 4) is 11.6 Å². The van der Waals surface area contributed by atoms with Crippen LogP contribution in [0.25, 0.3) is 17.4 Å². The predicted molar refractivity (Wildman–Crippen MR) is 124 cm³/mol. The lowest BCUT2D eigenvalue weighted by Gasteiger charge is -2.11. The van der Waals surface area contributed by atoms with Crippen molar-refractivity contribution >= 4 is 17.7 Å².